The van der Waals surface area contributed by atoms with E-state index in [9.17, 15) is 0 Å². The summed E-state index contributed by atoms with van der Waals surface area (Å²) in [6.07, 6.45) is 6.58. The summed E-state index contributed by atoms with van der Waals surface area (Å²) < 4.78 is 0. The van der Waals surface area contributed by atoms with Gasteiger partial charge in [0.15, 0.2) is 0 Å². The third-order valence-corrected chi connectivity index (χ3v) is 3.43. The number of unbranched alkanes of at least 4 members (excludes halogenated alkanes) is 3. The van der Waals surface area contributed by atoms with Gasteiger partial charge in [0, 0.05) is 0 Å². The smallest absolute Gasteiger partial charge is 0.0152 e. The molecule has 0 aliphatic heterocycles. The number of rotatable bonds is 5. The Morgan fingerprint density at radius 3 is 2.65 bits per heavy atom. The van der Waals surface area contributed by atoms with Gasteiger partial charge in [0.2, 0.25) is 0 Å². The Balaban J connectivity index is 2.16. The molecule has 0 spiro atoms. The van der Waals surface area contributed by atoms with Crippen LogP contribution in [0.1, 0.15) is 43.7 Å². The minimum absolute atomic E-state index is 1.22. The third-order valence-electron chi connectivity index (χ3n) is 3.43. The molecule has 2 rings (SSSR count). The van der Waals surface area contributed by atoms with E-state index < -0.39 is 0 Å². The fourth-order valence-corrected chi connectivity index (χ4v) is 2.43. The van der Waals surface area contributed by atoms with Gasteiger partial charge in [0.25, 0.3) is 0 Å². The molecule has 0 fully saturated rings. The van der Waals surface area contributed by atoms with Gasteiger partial charge in [-0.05, 0) is 36.1 Å². The fourth-order valence-electron chi connectivity index (χ4n) is 2.43. The molecule has 0 saturated carbocycles. The molecule has 90 valence electrons. The molecular formula is C17H22. The monoisotopic (exact) mass is 226 g/mol. The van der Waals surface area contributed by atoms with Crippen LogP contribution in [0.15, 0.2) is 36.4 Å². The summed E-state index contributed by atoms with van der Waals surface area (Å²) in [5.74, 6) is 0. The maximum atomic E-state index is 2.28. The van der Waals surface area contributed by atoms with Crippen molar-refractivity contribution in [2.24, 2.45) is 0 Å². The van der Waals surface area contributed by atoms with Gasteiger partial charge < -0.3 is 0 Å². The van der Waals surface area contributed by atoms with Crippen molar-refractivity contribution in [1.82, 2.24) is 0 Å². The summed E-state index contributed by atoms with van der Waals surface area (Å²) in [6.45, 7) is 4.42. The van der Waals surface area contributed by atoms with Gasteiger partial charge in [0.05, 0.1) is 0 Å². The predicted octanol–water partition coefficient (Wildman–Crippen LogP) is 5.27. The second-order valence-electron chi connectivity index (χ2n) is 4.95. The van der Waals surface area contributed by atoms with Crippen molar-refractivity contribution in [2.45, 2.75) is 46.0 Å². The molecule has 2 aromatic rings. The Hall–Kier alpha value is -1.30. The first-order valence-electron chi connectivity index (χ1n) is 6.79. The highest BCUT2D eigenvalue weighted by atomic mass is 14.1. The lowest BCUT2D eigenvalue weighted by molar-refractivity contribution is 0.668. The zero-order valence-electron chi connectivity index (χ0n) is 11.0. The lowest BCUT2D eigenvalue weighted by atomic mass is 9.98. The summed E-state index contributed by atoms with van der Waals surface area (Å²) in [5.41, 5.74) is 2.86. The van der Waals surface area contributed by atoms with Crippen LogP contribution < -0.4 is 0 Å². The largest absolute Gasteiger partial charge is 0.0654 e. The second kappa shape index (κ2) is 5.86. The third kappa shape index (κ3) is 3.09. The predicted molar refractivity (Wildman–Crippen MR) is 76.5 cm³/mol. The molecule has 0 radical (unpaired) electrons. The molecule has 17 heavy (non-hydrogen) atoms. The molecule has 0 atom stereocenters. The fraction of sp³-hybridized carbons (Fsp3) is 0.412. The van der Waals surface area contributed by atoms with Crippen LogP contribution in [-0.4, -0.2) is 0 Å². The Morgan fingerprint density at radius 2 is 1.82 bits per heavy atom. The van der Waals surface area contributed by atoms with E-state index in [-0.39, 0.29) is 0 Å². The molecule has 0 aromatic heterocycles. The Morgan fingerprint density at radius 1 is 0.941 bits per heavy atom. The average Bonchev–Trinajstić information content (AvgIpc) is 2.34. The quantitative estimate of drug-likeness (QED) is 0.609. The zero-order valence-corrected chi connectivity index (χ0v) is 11.0. The standard InChI is InChI=1S/C17H22/c1-3-4-5-6-8-15-9-7-10-16-13-14(2)11-12-17(15)16/h7,9-13H,3-6,8H2,1-2H3. The molecule has 0 saturated heterocycles. The van der Waals surface area contributed by atoms with Gasteiger partial charge >= 0.3 is 0 Å². The van der Waals surface area contributed by atoms with E-state index in [1.807, 2.05) is 0 Å². The van der Waals surface area contributed by atoms with Crippen molar-refractivity contribution in [2.75, 3.05) is 0 Å². The summed E-state index contributed by atoms with van der Waals surface area (Å²) in [4.78, 5) is 0. The minimum Gasteiger partial charge on any atom is -0.0654 e. The van der Waals surface area contributed by atoms with Crippen LogP contribution in [0, 0.1) is 6.92 Å². The molecule has 0 heterocycles. The molecule has 0 aliphatic rings. The highest BCUT2D eigenvalue weighted by Crippen LogP contribution is 2.21. The maximum absolute atomic E-state index is 2.28. The van der Waals surface area contributed by atoms with E-state index in [0.717, 1.165) is 0 Å². The molecule has 2 aromatic carbocycles. The van der Waals surface area contributed by atoms with Gasteiger partial charge in [-0.25, -0.2) is 0 Å². The molecule has 0 bridgehead atoms. The van der Waals surface area contributed by atoms with Crippen LogP contribution in [-0.2, 0) is 6.42 Å². The van der Waals surface area contributed by atoms with Crippen molar-refractivity contribution in [3.8, 4) is 0 Å². The Bertz CT molecular complexity index is 482. The molecular weight excluding hydrogens is 204 g/mol. The van der Waals surface area contributed by atoms with Crippen LogP contribution >= 0.6 is 0 Å². The van der Waals surface area contributed by atoms with Crippen molar-refractivity contribution in [3.63, 3.8) is 0 Å². The van der Waals surface area contributed by atoms with Gasteiger partial charge in [-0.15, -0.1) is 0 Å². The van der Waals surface area contributed by atoms with Crippen LogP contribution in [0.2, 0.25) is 0 Å². The average molecular weight is 226 g/mol. The first-order valence-corrected chi connectivity index (χ1v) is 6.79. The molecule has 0 heteroatoms. The Kier molecular flexibility index (Phi) is 4.19. The SMILES string of the molecule is CCCCCCc1cccc2cc(C)ccc12. The topological polar surface area (TPSA) is 0 Å². The summed E-state index contributed by atoms with van der Waals surface area (Å²) in [5, 5.41) is 2.83. The van der Waals surface area contributed by atoms with Crippen LogP contribution in [0.5, 0.6) is 0 Å². The Labute approximate surface area is 105 Å². The van der Waals surface area contributed by atoms with Crippen molar-refractivity contribution in [1.29, 1.82) is 0 Å². The maximum Gasteiger partial charge on any atom is -0.0152 e. The zero-order chi connectivity index (χ0) is 12.1. The van der Waals surface area contributed by atoms with Crippen molar-refractivity contribution < 1.29 is 0 Å². The highest BCUT2D eigenvalue weighted by Gasteiger charge is 2.00. The summed E-state index contributed by atoms with van der Waals surface area (Å²) >= 11 is 0. The normalized spacial score (nSPS) is 10.9. The number of hydrogen-bond donors (Lipinski definition) is 0. The lowest BCUT2D eigenvalue weighted by Crippen LogP contribution is -1.88. The highest BCUT2D eigenvalue weighted by molar-refractivity contribution is 5.86. The van der Waals surface area contributed by atoms with E-state index in [2.05, 4.69) is 50.2 Å². The lowest BCUT2D eigenvalue weighted by Gasteiger charge is -2.07. The molecule has 0 N–H and O–H groups in total. The van der Waals surface area contributed by atoms with E-state index in [4.69, 9.17) is 0 Å². The van der Waals surface area contributed by atoms with E-state index >= 15 is 0 Å². The minimum atomic E-state index is 1.22. The second-order valence-corrected chi connectivity index (χ2v) is 4.95. The van der Waals surface area contributed by atoms with Crippen molar-refractivity contribution in [3.05, 3.63) is 47.5 Å². The summed E-state index contributed by atoms with van der Waals surface area (Å²) in [6, 6.07) is 13.5. The van der Waals surface area contributed by atoms with Gasteiger partial charge in [-0.1, -0.05) is 68.1 Å². The number of aryl methyl sites for hydroxylation is 2. The van der Waals surface area contributed by atoms with E-state index in [1.54, 1.807) is 0 Å². The summed E-state index contributed by atoms with van der Waals surface area (Å²) in [7, 11) is 0. The van der Waals surface area contributed by atoms with Gasteiger partial charge in [-0.2, -0.15) is 0 Å². The van der Waals surface area contributed by atoms with E-state index in [1.165, 1.54) is 54.0 Å². The van der Waals surface area contributed by atoms with Crippen LogP contribution in [0.25, 0.3) is 10.8 Å². The number of fused-ring (bicyclic) bond motifs is 1. The first kappa shape index (κ1) is 12.2. The number of benzene rings is 2. The molecule has 0 aliphatic carbocycles. The van der Waals surface area contributed by atoms with Crippen LogP contribution in [0.3, 0.4) is 0 Å². The number of hydrogen-bond acceptors (Lipinski definition) is 0. The molecule has 0 nitrogen and oxygen atoms in total. The van der Waals surface area contributed by atoms with Crippen LogP contribution in [0.4, 0.5) is 0 Å². The first-order chi connectivity index (χ1) is 8.31. The van der Waals surface area contributed by atoms with Crippen molar-refractivity contribution >= 4 is 10.8 Å². The van der Waals surface area contributed by atoms with Gasteiger partial charge in [0.1, 0.15) is 0 Å². The van der Waals surface area contributed by atoms with Gasteiger partial charge in [-0.3, -0.25) is 0 Å². The molecule has 0 amide bonds. The van der Waals surface area contributed by atoms with E-state index in [0.29, 0.717) is 0 Å². The molecule has 0 unspecified atom stereocenters.